The Hall–Kier alpha value is -1.06. The molecule has 0 spiro atoms. The molecule has 0 aliphatic carbocycles. The van der Waals surface area contributed by atoms with Crippen LogP contribution in [0.4, 0.5) is 0 Å². The van der Waals surface area contributed by atoms with Gasteiger partial charge < -0.3 is 10.6 Å². The van der Waals surface area contributed by atoms with E-state index in [4.69, 9.17) is 10.8 Å². The van der Waals surface area contributed by atoms with E-state index in [0.29, 0.717) is 6.54 Å². The van der Waals surface area contributed by atoms with Gasteiger partial charge in [0.1, 0.15) is 0 Å². The van der Waals surface area contributed by atoms with Crippen molar-refractivity contribution in [3.63, 3.8) is 0 Å². The monoisotopic (exact) mass is 128 g/mol. The minimum absolute atomic E-state index is 0.185. The predicted molar refractivity (Wildman–Crippen MR) is 37.9 cm³/mol. The lowest BCUT2D eigenvalue weighted by atomic mass is 10.6. The summed E-state index contributed by atoms with van der Waals surface area (Å²) in [7, 11) is 0. The lowest BCUT2D eigenvalue weighted by Crippen LogP contribution is -2.38. The lowest BCUT2D eigenvalue weighted by Gasteiger charge is -2.04. The largest absolute Gasteiger partial charge is 0.357 e. The second kappa shape index (κ2) is 3.88. The molecule has 0 unspecified atom stereocenters. The van der Waals surface area contributed by atoms with Gasteiger partial charge in [-0.05, 0) is 13.8 Å². The average molecular weight is 128 g/mol. The topological polar surface area (TPSA) is 71.8 Å². The summed E-state index contributed by atoms with van der Waals surface area (Å²) in [4.78, 5) is 0. The van der Waals surface area contributed by atoms with Crippen LogP contribution >= 0.6 is 0 Å². The summed E-state index contributed by atoms with van der Waals surface area (Å²) >= 11 is 0. The molecule has 0 fully saturated rings. The summed E-state index contributed by atoms with van der Waals surface area (Å²) in [5.74, 6) is 0.464. The molecule has 52 valence electrons. The van der Waals surface area contributed by atoms with E-state index in [-0.39, 0.29) is 11.8 Å². The molecule has 0 aromatic heterocycles. The van der Waals surface area contributed by atoms with Gasteiger partial charge in [-0.25, -0.2) is 0 Å². The molecular weight excluding hydrogens is 116 g/mol. The summed E-state index contributed by atoms with van der Waals surface area (Å²) in [6.45, 7) is 4.19. The third-order valence-electron chi connectivity index (χ3n) is 0.666. The van der Waals surface area contributed by atoms with Gasteiger partial charge in [0, 0.05) is 6.54 Å². The van der Waals surface area contributed by atoms with Crippen molar-refractivity contribution in [3.05, 3.63) is 0 Å². The van der Waals surface area contributed by atoms with Crippen LogP contribution in [0, 0.1) is 10.8 Å². The maximum absolute atomic E-state index is 7.06. The molecule has 0 atom stereocenters. The van der Waals surface area contributed by atoms with E-state index in [2.05, 4.69) is 10.6 Å². The van der Waals surface area contributed by atoms with Crippen molar-refractivity contribution in [1.82, 2.24) is 10.6 Å². The minimum atomic E-state index is 0.185. The van der Waals surface area contributed by atoms with Crippen LogP contribution in [0.2, 0.25) is 0 Å². The van der Waals surface area contributed by atoms with Gasteiger partial charge in [0.25, 0.3) is 0 Å². The van der Waals surface area contributed by atoms with Crippen LogP contribution in [0.3, 0.4) is 0 Å². The van der Waals surface area contributed by atoms with Gasteiger partial charge in [-0.15, -0.1) is 0 Å². The average Bonchev–Trinajstić information content (AvgIpc) is 1.63. The Kier molecular flexibility index (Phi) is 3.43. The molecule has 0 heterocycles. The van der Waals surface area contributed by atoms with Crippen LogP contribution in [-0.4, -0.2) is 18.3 Å². The Morgan fingerprint density at radius 3 is 2.33 bits per heavy atom. The molecule has 0 aromatic carbocycles. The second-order valence-corrected chi connectivity index (χ2v) is 1.66. The molecule has 0 radical (unpaired) electrons. The van der Waals surface area contributed by atoms with E-state index in [0.717, 1.165) is 0 Å². The Bertz CT molecular complexity index is 118. The van der Waals surface area contributed by atoms with Crippen molar-refractivity contribution in [2.45, 2.75) is 13.8 Å². The van der Waals surface area contributed by atoms with Crippen molar-refractivity contribution in [2.75, 3.05) is 6.54 Å². The molecule has 0 bridgehead atoms. The van der Waals surface area contributed by atoms with Crippen molar-refractivity contribution < 1.29 is 0 Å². The van der Waals surface area contributed by atoms with E-state index < -0.39 is 0 Å². The molecule has 0 amide bonds. The number of amidine groups is 1. The zero-order valence-corrected chi connectivity index (χ0v) is 5.71. The maximum Gasteiger partial charge on any atom is 0.193 e. The molecule has 0 saturated heterocycles. The first-order chi connectivity index (χ1) is 4.16. The smallest absolute Gasteiger partial charge is 0.193 e. The molecule has 0 saturated carbocycles. The Morgan fingerprint density at radius 1 is 1.44 bits per heavy atom. The molecule has 4 nitrogen and oxygen atoms in total. The van der Waals surface area contributed by atoms with E-state index >= 15 is 0 Å². The number of hydrogen-bond donors (Lipinski definition) is 4. The van der Waals surface area contributed by atoms with Crippen molar-refractivity contribution in [3.8, 4) is 0 Å². The highest BCUT2D eigenvalue weighted by Gasteiger charge is 1.90. The van der Waals surface area contributed by atoms with Crippen LogP contribution in [0.5, 0.6) is 0 Å². The highest BCUT2D eigenvalue weighted by atomic mass is 15.1. The molecule has 0 aliphatic rings. The zero-order valence-electron chi connectivity index (χ0n) is 5.71. The molecule has 0 aliphatic heterocycles. The van der Waals surface area contributed by atoms with Crippen molar-refractivity contribution in [2.24, 2.45) is 0 Å². The summed E-state index contributed by atoms with van der Waals surface area (Å²) in [6, 6.07) is 0. The molecule has 0 aromatic rings. The number of guanidine groups is 1. The standard InChI is InChI=1S/C5H12N4/c1-3-8-5(7)9-4(2)6/h3H2,1-2H3,(H4,6,7,8,9). The van der Waals surface area contributed by atoms with Crippen LogP contribution < -0.4 is 10.6 Å². The van der Waals surface area contributed by atoms with Gasteiger partial charge in [0.05, 0.1) is 5.84 Å². The first-order valence-corrected chi connectivity index (χ1v) is 2.81. The van der Waals surface area contributed by atoms with Gasteiger partial charge in [0.15, 0.2) is 5.96 Å². The molecule has 4 N–H and O–H groups in total. The summed E-state index contributed by atoms with van der Waals surface area (Å²) in [5, 5.41) is 19.2. The fraction of sp³-hybridized carbons (Fsp3) is 0.600. The van der Waals surface area contributed by atoms with Crippen LogP contribution in [0.15, 0.2) is 0 Å². The molecule has 4 heteroatoms. The quantitative estimate of drug-likeness (QED) is 0.299. The highest BCUT2D eigenvalue weighted by molar-refractivity contribution is 5.95. The molecule has 0 rings (SSSR count). The molecular formula is C5H12N4. The summed E-state index contributed by atoms with van der Waals surface area (Å²) in [5.41, 5.74) is 0. The first kappa shape index (κ1) is 7.94. The zero-order chi connectivity index (χ0) is 7.28. The van der Waals surface area contributed by atoms with Gasteiger partial charge in [-0.2, -0.15) is 0 Å². The van der Waals surface area contributed by atoms with Crippen LogP contribution in [0.25, 0.3) is 0 Å². The van der Waals surface area contributed by atoms with Gasteiger partial charge in [-0.3, -0.25) is 10.8 Å². The predicted octanol–water partition coefficient (Wildman–Crippen LogP) is 0.117. The summed E-state index contributed by atoms with van der Waals surface area (Å²) in [6.07, 6.45) is 0. The Labute approximate surface area is 54.7 Å². The van der Waals surface area contributed by atoms with E-state index in [9.17, 15) is 0 Å². The van der Waals surface area contributed by atoms with Gasteiger partial charge in [0.2, 0.25) is 0 Å². The van der Waals surface area contributed by atoms with E-state index in [1.54, 1.807) is 6.92 Å². The number of hydrogen-bond acceptors (Lipinski definition) is 2. The van der Waals surface area contributed by atoms with Gasteiger partial charge in [-0.1, -0.05) is 0 Å². The van der Waals surface area contributed by atoms with Crippen LogP contribution in [0.1, 0.15) is 13.8 Å². The maximum atomic E-state index is 7.06. The fourth-order valence-electron chi connectivity index (χ4n) is 0.408. The highest BCUT2D eigenvalue weighted by Crippen LogP contribution is 1.61. The van der Waals surface area contributed by atoms with E-state index in [1.807, 2.05) is 6.92 Å². The Balaban J connectivity index is 3.39. The van der Waals surface area contributed by atoms with Crippen molar-refractivity contribution in [1.29, 1.82) is 10.8 Å². The van der Waals surface area contributed by atoms with Gasteiger partial charge >= 0.3 is 0 Å². The number of rotatable bonds is 1. The first-order valence-electron chi connectivity index (χ1n) is 2.81. The molecule has 9 heavy (non-hydrogen) atoms. The normalized spacial score (nSPS) is 8.22. The third kappa shape index (κ3) is 4.80. The lowest BCUT2D eigenvalue weighted by molar-refractivity contribution is 0.922. The number of nitrogens with one attached hydrogen (secondary N) is 4. The van der Waals surface area contributed by atoms with Crippen LogP contribution in [-0.2, 0) is 0 Å². The van der Waals surface area contributed by atoms with Crippen molar-refractivity contribution >= 4 is 11.8 Å². The fourth-order valence-corrected chi connectivity index (χ4v) is 0.408. The summed E-state index contributed by atoms with van der Waals surface area (Å²) < 4.78 is 0. The van der Waals surface area contributed by atoms with E-state index in [1.165, 1.54) is 0 Å². The third-order valence-corrected chi connectivity index (χ3v) is 0.666. The SMILES string of the molecule is CCNC(=N)NC(C)=N. The Morgan fingerprint density at radius 2 is 2.00 bits per heavy atom. The second-order valence-electron chi connectivity index (χ2n) is 1.66. The minimum Gasteiger partial charge on any atom is -0.357 e.